The second-order valence-electron chi connectivity index (χ2n) is 18.1. The van der Waals surface area contributed by atoms with Gasteiger partial charge in [0, 0.05) is 32.6 Å². The van der Waals surface area contributed by atoms with Crippen LogP contribution in [-0.2, 0) is 39.9 Å². The molecule has 3 heterocycles. The molecule has 2 bridgehead atoms. The Morgan fingerprint density at radius 3 is 2.25 bits per heavy atom. The van der Waals surface area contributed by atoms with Crippen LogP contribution in [0.1, 0.15) is 100.0 Å². The minimum absolute atomic E-state index is 0.0490. The van der Waals surface area contributed by atoms with Crippen molar-refractivity contribution in [2.45, 2.75) is 143 Å². The Kier molecular flexibility index (Phi) is 16.2. The number of likely N-dealkylation sites (N-methyl/N-ethyl adjacent to an activating group) is 2. The molecule has 0 aliphatic carbocycles. The van der Waals surface area contributed by atoms with E-state index in [0.717, 1.165) is 5.56 Å². The number of carbonyl (C=O) groups is 5. The highest BCUT2D eigenvalue weighted by atomic mass is 16.5. The van der Waals surface area contributed by atoms with Gasteiger partial charge in [-0.3, -0.25) is 19.2 Å². The monoisotopic (exact) mass is 824 g/mol. The van der Waals surface area contributed by atoms with E-state index in [1.165, 1.54) is 16.8 Å². The van der Waals surface area contributed by atoms with Gasteiger partial charge in [-0.15, -0.1) is 0 Å². The average molecular weight is 824 g/mol. The fourth-order valence-corrected chi connectivity index (χ4v) is 8.11. The number of fused-ring (bicyclic) bond motifs is 2. The van der Waals surface area contributed by atoms with Gasteiger partial charge in [-0.25, -0.2) is 9.79 Å². The minimum Gasteiger partial charge on any atom is -0.497 e. The number of cyclic esters (lactones) is 1. The van der Waals surface area contributed by atoms with Crippen LogP contribution in [0.4, 0.5) is 0 Å². The number of carbonyl (C=O) groups excluding carboxylic acids is 5. The number of rotatable bonds is 5. The Balaban J connectivity index is 1.74. The summed E-state index contributed by atoms with van der Waals surface area (Å²) in [5.74, 6) is -1.98. The number of nitrogens with one attached hydrogen (secondary N) is 1. The molecule has 1 saturated heterocycles. The zero-order valence-electron chi connectivity index (χ0n) is 37.3. The highest BCUT2D eigenvalue weighted by Gasteiger charge is 2.44. The van der Waals surface area contributed by atoms with Crippen molar-refractivity contribution in [3.05, 3.63) is 41.5 Å². The molecule has 0 saturated carbocycles. The van der Waals surface area contributed by atoms with Crippen molar-refractivity contribution in [2.75, 3.05) is 34.4 Å². The van der Waals surface area contributed by atoms with E-state index in [0.29, 0.717) is 55.9 Å². The van der Waals surface area contributed by atoms with Gasteiger partial charge in [-0.1, -0.05) is 67.0 Å². The second-order valence-corrected chi connectivity index (χ2v) is 18.1. The van der Waals surface area contributed by atoms with Gasteiger partial charge >= 0.3 is 5.97 Å². The third-order valence-electron chi connectivity index (χ3n) is 12.4. The SMILES string of the molecule is CC[C@H](C)[C@H]1C(=O)N2CCC[C@H]2C(=O)O[C@H](C(C)(C)C)C[C@@H](C)C[C@H](O)[C@H](C)C2=N[C@@H](/C=C(\C)C(=O)N[C@@H](Cc3ccc(OC)cc3)C(=O)N(C)[C@@H](C)C(=O)N1C)CO2. The van der Waals surface area contributed by atoms with Gasteiger partial charge in [-0.2, -0.15) is 0 Å². The van der Waals surface area contributed by atoms with Crippen LogP contribution in [0.2, 0.25) is 0 Å². The van der Waals surface area contributed by atoms with Gasteiger partial charge in [-0.05, 0) is 80.6 Å². The van der Waals surface area contributed by atoms with Crippen LogP contribution >= 0.6 is 0 Å². The smallest absolute Gasteiger partial charge is 0.329 e. The fourth-order valence-electron chi connectivity index (χ4n) is 8.11. The molecular weight excluding hydrogens is 755 g/mol. The minimum atomic E-state index is -1.06. The lowest BCUT2D eigenvalue weighted by Gasteiger charge is -2.39. The highest BCUT2D eigenvalue weighted by Crippen LogP contribution is 2.33. The van der Waals surface area contributed by atoms with Crippen molar-refractivity contribution in [1.29, 1.82) is 0 Å². The molecule has 1 fully saturated rings. The number of methoxy groups -OCH3 is 1. The topological polar surface area (TPSA) is 167 Å². The standard InChI is InChI=1S/C45H69N5O9/c1-13-27(3)38-43(55)50-20-14-15-35(50)44(56)59-37(45(7,8)9)22-26(2)21-36(51)29(5)40-46-32(25-58-40)23-28(4)39(52)47-34(24-31-16-18-33(57-12)19-17-31)42(54)48(10)30(6)41(53)49(38)11/h16-19,23,26-27,29-30,32,34-38,51H,13-15,20-22,24-25H2,1-12H3,(H,47,52)/b28-23+/t26-,27-,29-,30-,32-,34-,35-,36-,37-,38-/m0/s1. The predicted molar refractivity (Wildman–Crippen MR) is 225 cm³/mol. The predicted octanol–water partition coefficient (Wildman–Crippen LogP) is 4.56. The van der Waals surface area contributed by atoms with Gasteiger partial charge < -0.3 is 39.3 Å². The molecule has 328 valence electrons. The molecule has 2 N–H and O–H groups in total. The lowest BCUT2D eigenvalue weighted by molar-refractivity contribution is -0.166. The van der Waals surface area contributed by atoms with E-state index in [1.54, 1.807) is 51.1 Å². The number of hydrogen-bond donors (Lipinski definition) is 2. The first-order valence-electron chi connectivity index (χ1n) is 21.2. The maximum absolute atomic E-state index is 14.6. The Morgan fingerprint density at radius 2 is 1.64 bits per heavy atom. The molecule has 3 aliphatic rings. The van der Waals surface area contributed by atoms with Crippen molar-refractivity contribution in [2.24, 2.45) is 28.2 Å². The number of aliphatic hydroxyl groups excluding tert-OH is 1. The molecule has 0 aromatic heterocycles. The van der Waals surface area contributed by atoms with E-state index in [4.69, 9.17) is 19.2 Å². The summed E-state index contributed by atoms with van der Waals surface area (Å²) in [6.07, 6.45) is 3.02. The first kappa shape index (κ1) is 47.2. The van der Waals surface area contributed by atoms with E-state index in [1.807, 2.05) is 60.6 Å². The summed E-state index contributed by atoms with van der Waals surface area (Å²) in [5.41, 5.74) is 0.654. The van der Waals surface area contributed by atoms with E-state index >= 15 is 0 Å². The molecule has 0 radical (unpaired) electrons. The molecular formula is C45H69N5O9. The molecule has 1 aromatic rings. The van der Waals surface area contributed by atoms with Crippen molar-refractivity contribution < 1.29 is 43.3 Å². The number of nitrogens with zero attached hydrogens (tertiary/aromatic N) is 4. The van der Waals surface area contributed by atoms with Crippen molar-refractivity contribution in [1.82, 2.24) is 20.0 Å². The van der Waals surface area contributed by atoms with Crippen LogP contribution in [0, 0.1) is 23.2 Å². The van der Waals surface area contributed by atoms with Crippen molar-refractivity contribution >= 4 is 35.5 Å². The quantitative estimate of drug-likeness (QED) is 0.405. The summed E-state index contributed by atoms with van der Waals surface area (Å²) in [7, 11) is 4.64. The maximum Gasteiger partial charge on any atom is 0.329 e. The van der Waals surface area contributed by atoms with Crippen molar-refractivity contribution in [3.8, 4) is 5.75 Å². The molecule has 3 aliphatic heterocycles. The fraction of sp³-hybridized carbons (Fsp3) is 0.689. The summed E-state index contributed by atoms with van der Waals surface area (Å²) >= 11 is 0. The number of amides is 4. The molecule has 4 amide bonds. The van der Waals surface area contributed by atoms with Crippen LogP contribution in [0.25, 0.3) is 0 Å². The molecule has 10 atom stereocenters. The molecule has 59 heavy (non-hydrogen) atoms. The maximum atomic E-state index is 14.6. The highest BCUT2D eigenvalue weighted by molar-refractivity contribution is 5.98. The third-order valence-corrected chi connectivity index (χ3v) is 12.4. The first-order chi connectivity index (χ1) is 27.7. The first-order valence-corrected chi connectivity index (χ1v) is 21.2. The molecule has 0 unspecified atom stereocenters. The average Bonchev–Trinajstić information content (AvgIpc) is 3.89. The third kappa shape index (κ3) is 11.6. The van der Waals surface area contributed by atoms with Crippen LogP contribution in [0.15, 0.2) is 40.9 Å². The van der Waals surface area contributed by atoms with Gasteiger partial charge in [0.1, 0.15) is 48.7 Å². The van der Waals surface area contributed by atoms with Crippen LogP contribution < -0.4 is 10.1 Å². The Labute approximate surface area is 351 Å². The number of benzene rings is 1. The second kappa shape index (κ2) is 20.2. The number of esters is 1. The largest absolute Gasteiger partial charge is 0.497 e. The number of aliphatic hydroxyl groups is 1. The van der Waals surface area contributed by atoms with Gasteiger partial charge in [0.25, 0.3) is 0 Å². The Hall–Kier alpha value is -4.46. The zero-order chi connectivity index (χ0) is 43.9. The summed E-state index contributed by atoms with van der Waals surface area (Å²) in [5, 5.41) is 14.3. The molecule has 14 heteroatoms. The zero-order valence-corrected chi connectivity index (χ0v) is 37.3. The van der Waals surface area contributed by atoms with Gasteiger partial charge in [0.2, 0.25) is 23.6 Å². The number of aliphatic imine (C=N–C) groups is 1. The van der Waals surface area contributed by atoms with E-state index in [9.17, 15) is 29.1 Å². The molecule has 0 spiro atoms. The lowest BCUT2D eigenvalue weighted by atomic mass is 9.81. The number of hydrogen-bond acceptors (Lipinski definition) is 10. The Morgan fingerprint density at radius 1 is 0.983 bits per heavy atom. The van der Waals surface area contributed by atoms with Crippen LogP contribution in [-0.4, -0.2) is 132 Å². The molecule has 4 rings (SSSR count). The summed E-state index contributed by atoms with van der Waals surface area (Å²) in [6, 6.07) is 2.89. The molecule has 14 nitrogen and oxygen atoms in total. The van der Waals surface area contributed by atoms with Crippen molar-refractivity contribution in [3.63, 3.8) is 0 Å². The Bertz CT molecular complexity index is 1720. The van der Waals surface area contributed by atoms with Gasteiger partial charge in [0.15, 0.2) is 5.90 Å². The number of ether oxygens (including phenoxy) is 3. The van der Waals surface area contributed by atoms with E-state index in [2.05, 4.69) is 5.32 Å². The van der Waals surface area contributed by atoms with E-state index in [-0.39, 0.29) is 30.8 Å². The van der Waals surface area contributed by atoms with Crippen LogP contribution in [0.5, 0.6) is 5.75 Å². The van der Waals surface area contributed by atoms with E-state index < -0.39 is 77.4 Å². The molecule has 1 aromatic carbocycles. The normalized spacial score (nSPS) is 31.5. The summed E-state index contributed by atoms with van der Waals surface area (Å²) in [6.45, 7) is 17.5. The van der Waals surface area contributed by atoms with Gasteiger partial charge in [0.05, 0.1) is 19.1 Å². The lowest BCUT2D eigenvalue weighted by Crippen LogP contribution is -2.59. The van der Waals surface area contributed by atoms with Crippen LogP contribution in [0.3, 0.4) is 0 Å². The summed E-state index contributed by atoms with van der Waals surface area (Å²) < 4.78 is 17.5. The summed E-state index contributed by atoms with van der Waals surface area (Å²) in [4.78, 5) is 80.1.